The van der Waals surface area contributed by atoms with Gasteiger partial charge in [-0.3, -0.25) is 4.79 Å². The van der Waals surface area contributed by atoms with Crippen LogP contribution >= 0.6 is 0 Å². The van der Waals surface area contributed by atoms with Gasteiger partial charge >= 0.3 is 0 Å². The molecule has 0 aliphatic carbocycles. The van der Waals surface area contributed by atoms with Crippen molar-refractivity contribution in [3.63, 3.8) is 0 Å². The summed E-state index contributed by atoms with van der Waals surface area (Å²) in [5.41, 5.74) is -1.34. The Bertz CT molecular complexity index is 197. The first-order chi connectivity index (χ1) is 5.39. The second-order valence-electron chi connectivity index (χ2n) is 2.69. The molecule has 0 aromatic rings. The van der Waals surface area contributed by atoms with Crippen molar-refractivity contribution in [2.45, 2.75) is 26.4 Å². The number of ether oxygens (including phenoxy) is 1. The van der Waals surface area contributed by atoms with Crippen molar-refractivity contribution < 1.29 is 9.53 Å². The van der Waals surface area contributed by atoms with Gasteiger partial charge in [-0.15, -0.1) is 0 Å². The Morgan fingerprint density at radius 1 is 1.17 bits per heavy atom. The Labute approximate surface area is 71.9 Å². The number of carbonyl (C=O) groups excluding carboxylic acids is 1. The van der Waals surface area contributed by atoms with E-state index in [4.69, 9.17) is 15.6 Å². The van der Waals surface area contributed by atoms with E-state index in [1.165, 1.54) is 27.9 Å². The number of hydrogen-bond donors (Lipinski definition) is 2. The third-order valence-corrected chi connectivity index (χ3v) is 1.86. The standard InChI is InChI=1S/C8H14N2O2/c1-5(9)8(12-4,6(2)10)7(3)11/h9-10H,1-4H3. The molecule has 0 spiro atoms. The molecular weight excluding hydrogens is 156 g/mol. The monoisotopic (exact) mass is 170 g/mol. The number of ketones is 1. The number of hydrogen-bond acceptors (Lipinski definition) is 4. The Balaban J connectivity index is 5.19. The van der Waals surface area contributed by atoms with Crippen LogP contribution in [-0.2, 0) is 9.53 Å². The molecule has 0 bridgehead atoms. The fourth-order valence-corrected chi connectivity index (χ4v) is 1.26. The highest BCUT2D eigenvalue weighted by Gasteiger charge is 2.40. The number of Topliss-reactive ketones (excluding diaryl/α,β-unsaturated/α-hetero) is 1. The molecule has 4 heteroatoms. The highest BCUT2D eigenvalue weighted by Crippen LogP contribution is 2.15. The van der Waals surface area contributed by atoms with Crippen molar-refractivity contribution in [3.05, 3.63) is 0 Å². The molecule has 0 aromatic heterocycles. The van der Waals surface area contributed by atoms with Crippen LogP contribution in [0.3, 0.4) is 0 Å². The molecule has 0 fully saturated rings. The second-order valence-corrected chi connectivity index (χ2v) is 2.69. The summed E-state index contributed by atoms with van der Waals surface area (Å²) in [6, 6.07) is 0. The minimum Gasteiger partial charge on any atom is -0.359 e. The van der Waals surface area contributed by atoms with E-state index in [0.717, 1.165) is 0 Å². The van der Waals surface area contributed by atoms with Crippen LogP contribution in [0, 0.1) is 10.8 Å². The van der Waals surface area contributed by atoms with E-state index in [2.05, 4.69) is 0 Å². The summed E-state index contributed by atoms with van der Waals surface area (Å²) in [6.45, 7) is 4.24. The lowest BCUT2D eigenvalue weighted by Crippen LogP contribution is -2.51. The lowest BCUT2D eigenvalue weighted by Gasteiger charge is -2.27. The molecule has 0 aliphatic rings. The Hall–Kier alpha value is -1.03. The van der Waals surface area contributed by atoms with Crippen molar-refractivity contribution in [2.75, 3.05) is 7.11 Å². The Morgan fingerprint density at radius 2 is 1.50 bits per heavy atom. The lowest BCUT2D eigenvalue weighted by molar-refractivity contribution is -0.126. The maximum Gasteiger partial charge on any atom is 0.199 e. The van der Waals surface area contributed by atoms with Crippen LogP contribution in [-0.4, -0.2) is 29.9 Å². The predicted octanol–water partition coefficient (Wildman–Crippen LogP) is 1.04. The van der Waals surface area contributed by atoms with Crippen LogP contribution in [0.5, 0.6) is 0 Å². The summed E-state index contributed by atoms with van der Waals surface area (Å²) in [4.78, 5) is 11.2. The summed E-state index contributed by atoms with van der Waals surface area (Å²) in [5, 5.41) is 14.7. The molecule has 0 amide bonds. The molecule has 0 saturated heterocycles. The smallest absolute Gasteiger partial charge is 0.199 e. The zero-order chi connectivity index (χ0) is 9.94. The first kappa shape index (κ1) is 11.0. The molecule has 0 aliphatic heterocycles. The Kier molecular flexibility index (Phi) is 3.27. The van der Waals surface area contributed by atoms with E-state index < -0.39 is 5.60 Å². The zero-order valence-corrected chi connectivity index (χ0v) is 7.82. The molecule has 0 radical (unpaired) electrons. The van der Waals surface area contributed by atoms with Crippen LogP contribution < -0.4 is 0 Å². The molecule has 4 nitrogen and oxygen atoms in total. The molecule has 12 heavy (non-hydrogen) atoms. The third-order valence-electron chi connectivity index (χ3n) is 1.86. The maximum atomic E-state index is 11.2. The van der Waals surface area contributed by atoms with E-state index in [1.807, 2.05) is 0 Å². The van der Waals surface area contributed by atoms with Gasteiger partial charge < -0.3 is 15.6 Å². The van der Waals surface area contributed by atoms with Crippen LogP contribution in [0.1, 0.15) is 20.8 Å². The van der Waals surface area contributed by atoms with Gasteiger partial charge in [-0.05, 0) is 20.8 Å². The fraction of sp³-hybridized carbons (Fsp3) is 0.625. The summed E-state index contributed by atoms with van der Waals surface area (Å²) in [7, 11) is 1.33. The molecular formula is C8H14N2O2. The number of carbonyl (C=O) groups is 1. The van der Waals surface area contributed by atoms with Gasteiger partial charge in [0, 0.05) is 7.11 Å². The highest BCUT2D eigenvalue weighted by molar-refractivity contribution is 6.28. The summed E-state index contributed by atoms with van der Waals surface area (Å²) < 4.78 is 4.92. The number of nitrogens with one attached hydrogen (secondary N) is 2. The normalized spacial score (nSPS) is 15.0. The lowest BCUT2D eigenvalue weighted by atomic mass is 9.89. The van der Waals surface area contributed by atoms with Gasteiger partial charge in [0.2, 0.25) is 0 Å². The van der Waals surface area contributed by atoms with Crippen molar-refractivity contribution in [1.82, 2.24) is 0 Å². The Morgan fingerprint density at radius 3 is 1.50 bits per heavy atom. The van der Waals surface area contributed by atoms with Gasteiger partial charge in [0.25, 0.3) is 0 Å². The van der Waals surface area contributed by atoms with Crippen LogP contribution in [0.15, 0.2) is 0 Å². The molecule has 0 heterocycles. The first-order valence-electron chi connectivity index (χ1n) is 3.57. The quantitative estimate of drug-likeness (QED) is 0.618. The minimum absolute atomic E-state index is 0.0463. The molecule has 2 N–H and O–H groups in total. The highest BCUT2D eigenvalue weighted by atomic mass is 16.5. The summed E-state index contributed by atoms with van der Waals surface area (Å²) in [5.74, 6) is -0.329. The van der Waals surface area contributed by atoms with Crippen molar-refractivity contribution in [1.29, 1.82) is 10.8 Å². The van der Waals surface area contributed by atoms with E-state index >= 15 is 0 Å². The topological polar surface area (TPSA) is 74.0 Å². The van der Waals surface area contributed by atoms with Crippen molar-refractivity contribution >= 4 is 17.2 Å². The van der Waals surface area contributed by atoms with E-state index in [0.29, 0.717) is 0 Å². The molecule has 0 atom stereocenters. The summed E-state index contributed by atoms with van der Waals surface area (Å²) in [6.07, 6.45) is 0. The molecule has 0 unspecified atom stereocenters. The maximum absolute atomic E-state index is 11.2. The van der Waals surface area contributed by atoms with Gasteiger partial charge in [-0.1, -0.05) is 0 Å². The second kappa shape index (κ2) is 3.58. The van der Waals surface area contributed by atoms with E-state index in [-0.39, 0.29) is 17.2 Å². The van der Waals surface area contributed by atoms with Gasteiger partial charge in [-0.2, -0.15) is 0 Å². The van der Waals surface area contributed by atoms with E-state index in [1.54, 1.807) is 0 Å². The number of rotatable bonds is 4. The third kappa shape index (κ3) is 1.43. The van der Waals surface area contributed by atoms with Gasteiger partial charge in [0.15, 0.2) is 11.4 Å². The molecule has 68 valence electrons. The molecule has 0 saturated carbocycles. The predicted molar refractivity (Wildman–Crippen MR) is 47.2 cm³/mol. The van der Waals surface area contributed by atoms with Crippen molar-refractivity contribution in [3.8, 4) is 0 Å². The molecule has 0 aromatic carbocycles. The first-order valence-corrected chi connectivity index (χ1v) is 3.57. The van der Waals surface area contributed by atoms with Gasteiger partial charge in [0.05, 0.1) is 11.4 Å². The van der Waals surface area contributed by atoms with Crippen LogP contribution in [0.25, 0.3) is 0 Å². The fourth-order valence-electron chi connectivity index (χ4n) is 1.26. The van der Waals surface area contributed by atoms with Crippen molar-refractivity contribution in [2.24, 2.45) is 0 Å². The zero-order valence-electron chi connectivity index (χ0n) is 7.82. The minimum atomic E-state index is -1.43. The molecule has 0 rings (SSSR count). The van der Waals surface area contributed by atoms with Gasteiger partial charge in [-0.25, -0.2) is 0 Å². The van der Waals surface area contributed by atoms with Gasteiger partial charge in [0.1, 0.15) is 0 Å². The van der Waals surface area contributed by atoms with Crippen LogP contribution in [0.2, 0.25) is 0 Å². The average molecular weight is 170 g/mol. The van der Waals surface area contributed by atoms with Crippen LogP contribution in [0.4, 0.5) is 0 Å². The average Bonchev–Trinajstić information content (AvgIpc) is 1.86. The SMILES string of the molecule is COC(C(C)=N)(C(C)=N)C(C)=O. The largest absolute Gasteiger partial charge is 0.359 e. The number of methoxy groups -OCH3 is 1. The summed E-state index contributed by atoms with van der Waals surface area (Å²) >= 11 is 0. The van der Waals surface area contributed by atoms with E-state index in [9.17, 15) is 4.79 Å².